The molecule has 1 aliphatic heterocycles. The molecule has 162 valence electrons. The third-order valence-electron chi connectivity index (χ3n) is 5.43. The van der Waals surface area contributed by atoms with Crippen LogP contribution in [0.25, 0.3) is 0 Å². The summed E-state index contributed by atoms with van der Waals surface area (Å²) in [6, 6.07) is 4.33. The van der Waals surface area contributed by atoms with Crippen molar-refractivity contribution in [1.82, 2.24) is 35.0 Å². The third kappa shape index (κ3) is 5.77. The van der Waals surface area contributed by atoms with E-state index in [1.165, 1.54) is 11.8 Å². The van der Waals surface area contributed by atoms with Gasteiger partial charge in [-0.1, -0.05) is 11.8 Å². The maximum Gasteiger partial charge on any atom is 0.236 e. The zero-order valence-electron chi connectivity index (χ0n) is 17.4. The van der Waals surface area contributed by atoms with Crippen molar-refractivity contribution < 1.29 is 9.53 Å². The van der Waals surface area contributed by atoms with Gasteiger partial charge in [0.1, 0.15) is 0 Å². The molecule has 1 saturated heterocycles. The van der Waals surface area contributed by atoms with E-state index < -0.39 is 0 Å². The first kappa shape index (κ1) is 21.2. The van der Waals surface area contributed by atoms with Crippen LogP contribution in [0.15, 0.2) is 29.7 Å². The van der Waals surface area contributed by atoms with Gasteiger partial charge in [0.15, 0.2) is 0 Å². The summed E-state index contributed by atoms with van der Waals surface area (Å²) in [5.41, 5.74) is 1.09. The molecule has 2 aromatic heterocycles. The van der Waals surface area contributed by atoms with E-state index in [1.807, 2.05) is 28.6 Å². The van der Waals surface area contributed by atoms with Crippen LogP contribution in [-0.2, 0) is 16.1 Å². The molecule has 1 amide bonds. The van der Waals surface area contributed by atoms with Gasteiger partial charge in [-0.15, -0.1) is 5.10 Å². The molecule has 9 nitrogen and oxygen atoms in total. The summed E-state index contributed by atoms with van der Waals surface area (Å²) in [5.74, 6) is 0.115. The van der Waals surface area contributed by atoms with Crippen LogP contribution in [0, 0.1) is 0 Å². The summed E-state index contributed by atoms with van der Waals surface area (Å²) >= 11 is 1.45. The Morgan fingerprint density at radius 2 is 2.07 bits per heavy atom. The number of nitrogens with zero attached hydrogens (tertiary/aromatic N) is 7. The highest BCUT2D eigenvalue weighted by molar-refractivity contribution is 8.00. The molecule has 0 bridgehead atoms. The molecule has 0 radical (unpaired) electrons. The minimum atomic E-state index is -0.251. The number of carbonyl (C=O) groups excluding carboxylic acids is 1. The summed E-state index contributed by atoms with van der Waals surface area (Å²) in [7, 11) is 0. The molecule has 2 aromatic rings. The number of carbonyl (C=O) groups is 1. The van der Waals surface area contributed by atoms with Crippen LogP contribution in [0.1, 0.15) is 37.8 Å². The van der Waals surface area contributed by atoms with Crippen molar-refractivity contribution in [2.45, 2.75) is 49.2 Å². The predicted octanol–water partition coefficient (Wildman–Crippen LogP) is 1.63. The molecule has 1 aliphatic carbocycles. The molecule has 3 heterocycles. The van der Waals surface area contributed by atoms with Gasteiger partial charge < -0.3 is 9.64 Å². The number of thioether (sulfide) groups is 1. The number of ether oxygens (including phenoxy) is 1. The Bertz CT molecular complexity index is 808. The van der Waals surface area contributed by atoms with Crippen LogP contribution in [0.5, 0.6) is 0 Å². The maximum atomic E-state index is 13.3. The van der Waals surface area contributed by atoms with Gasteiger partial charge in [0, 0.05) is 45.1 Å². The Morgan fingerprint density at radius 3 is 2.80 bits per heavy atom. The smallest absolute Gasteiger partial charge is 0.236 e. The second-order valence-corrected chi connectivity index (χ2v) is 9.13. The van der Waals surface area contributed by atoms with Crippen LogP contribution >= 0.6 is 11.8 Å². The van der Waals surface area contributed by atoms with Gasteiger partial charge in [-0.2, -0.15) is 0 Å². The first-order valence-electron chi connectivity index (χ1n) is 10.6. The highest BCUT2D eigenvalue weighted by Gasteiger charge is 2.30. The lowest BCUT2D eigenvalue weighted by Gasteiger charge is -2.29. The standard InChI is InChI=1S/C20H29N7O2S/c1-16(30-20-22-23-24-27(20)18-3-4-18)19(28)26(15-17-5-7-21-8-6-17)10-2-9-25-11-13-29-14-12-25/h5-8,16,18H,2-4,9-15H2,1H3. The van der Waals surface area contributed by atoms with Crippen molar-refractivity contribution in [3.63, 3.8) is 0 Å². The van der Waals surface area contributed by atoms with Crippen molar-refractivity contribution in [2.75, 3.05) is 39.4 Å². The zero-order chi connectivity index (χ0) is 20.8. The monoisotopic (exact) mass is 431 g/mol. The van der Waals surface area contributed by atoms with Gasteiger partial charge in [0.05, 0.1) is 24.5 Å². The predicted molar refractivity (Wildman–Crippen MR) is 113 cm³/mol. The van der Waals surface area contributed by atoms with E-state index >= 15 is 0 Å². The van der Waals surface area contributed by atoms with Gasteiger partial charge in [-0.3, -0.25) is 14.7 Å². The summed E-state index contributed by atoms with van der Waals surface area (Å²) < 4.78 is 7.28. The average molecular weight is 432 g/mol. The number of aromatic nitrogens is 5. The molecule has 0 aromatic carbocycles. The van der Waals surface area contributed by atoms with Crippen LogP contribution in [0.2, 0.25) is 0 Å². The fraction of sp³-hybridized carbons (Fsp3) is 0.650. The van der Waals surface area contributed by atoms with E-state index in [0.29, 0.717) is 12.6 Å². The second-order valence-electron chi connectivity index (χ2n) is 7.82. The molecule has 1 unspecified atom stereocenters. The first-order chi connectivity index (χ1) is 14.7. The summed E-state index contributed by atoms with van der Waals surface area (Å²) in [6.07, 6.45) is 6.70. The lowest BCUT2D eigenvalue weighted by Crippen LogP contribution is -2.40. The van der Waals surface area contributed by atoms with E-state index in [4.69, 9.17) is 4.74 Å². The van der Waals surface area contributed by atoms with E-state index in [0.717, 1.165) is 69.4 Å². The number of amides is 1. The molecule has 30 heavy (non-hydrogen) atoms. The molecule has 0 N–H and O–H groups in total. The van der Waals surface area contributed by atoms with E-state index in [1.54, 1.807) is 12.4 Å². The fourth-order valence-electron chi connectivity index (χ4n) is 3.56. The van der Waals surface area contributed by atoms with E-state index in [9.17, 15) is 4.79 Å². The summed E-state index contributed by atoms with van der Waals surface area (Å²) in [4.78, 5) is 21.8. The van der Waals surface area contributed by atoms with Crippen LogP contribution in [0.4, 0.5) is 0 Å². The average Bonchev–Trinajstić information content (AvgIpc) is 3.52. The number of tetrazole rings is 1. The first-order valence-corrected chi connectivity index (χ1v) is 11.5. The SMILES string of the molecule is CC(Sc1nnnn1C1CC1)C(=O)N(CCCN1CCOCC1)Cc1ccncc1. The number of hydrogen-bond acceptors (Lipinski definition) is 8. The van der Waals surface area contributed by atoms with Crippen LogP contribution < -0.4 is 0 Å². The van der Waals surface area contributed by atoms with Crippen molar-refractivity contribution in [3.05, 3.63) is 30.1 Å². The van der Waals surface area contributed by atoms with E-state index in [2.05, 4.69) is 25.4 Å². The molecule has 0 spiro atoms. The molecule has 2 aliphatic rings. The number of pyridine rings is 1. The number of rotatable bonds is 10. The molecule has 1 saturated carbocycles. The molecular formula is C20H29N7O2S. The van der Waals surface area contributed by atoms with E-state index in [-0.39, 0.29) is 11.2 Å². The lowest BCUT2D eigenvalue weighted by atomic mass is 10.2. The van der Waals surface area contributed by atoms with Crippen molar-refractivity contribution >= 4 is 17.7 Å². The van der Waals surface area contributed by atoms with Gasteiger partial charge in [0.2, 0.25) is 11.1 Å². The lowest BCUT2D eigenvalue weighted by molar-refractivity contribution is -0.131. The summed E-state index contributed by atoms with van der Waals surface area (Å²) in [5, 5.41) is 12.5. The Hall–Kier alpha value is -2.04. The van der Waals surface area contributed by atoms with Gasteiger partial charge >= 0.3 is 0 Å². The third-order valence-corrected chi connectivity index (χ3v) is 6.46. The Kier molecular flexibility index (Phi) is 7.29. The molecule has 4 rings (SSSR count). The minimum Gasteiger partial charge on any atom is -0.379 e. The fourth-order valence-corrected chi connectivity index (χ4v) is 4.51. The number of hydrogen-bond donors (Lipinski definition) is 0. The Balaban J connectivity index is 1.37. The molecular weight excluding hydrogens is 402 g/mol. The highest BCUT2D eigenvalue weighted by Crippen LogP contribution is 2.37. The second kappa shape index (κ2) is 10.3. The van der Waals surface area contributed by atoms with Gasteiger partial charge in [-0.25, -0.2) is 4.68 Å². The summed E-state index contributed by atoms with van der Waals surface area (Å²) in [6.45, 7) is 7.75. The largest absolute Gasteiger partial charge is 0.379 e. The van der Waals surface area contributed by atoms with Crippen molar-refractivity contribution in [3.8, 4) is 0 Å². The Labute approximate surface area is 181 Å². The van der Waals surface area contributed by atoms with Crippen molar-refractivity contribution in [1.29, 1.82) is 0 Å². The zero-order valence-corrected chi connectivity index (χ0v) is 18.2. The quantitative estimate of drug-likeness (QED) is 0.525. The van der Waals surface area contributed by atoms with Crippen molar-refractivity contribution in [2.24, 2.45) is 0 Å². The van der Waals surface area contributed by atoms with Crippen LogP contribution in [-0.4, -0.2) is 85.5 Å². The number of morpholine rings is 1. The molecule has 1 atom stereocenters. The normalized spacial score (nSPS) is 18.3. The molecule has 2 fully saturated rings. The van der Waals surface area contributed by atoms with Crippen LogP contribution in [0.3, 0.4) is 0 Å². The van der Waals surface area contributed by atoms with Gasteiger partial charge in [0.25, 0.3) is 0 Å². The topological polar surface area (TPSA) is 89.3 Å². The maximum absolute atomic E-state index is 13.3. The molecule has 10 heteroatoms. The van der Waals surface area contributed by atoms with Gasteiger partial charge in [-0.05, 0) is 54.3 Å². The Morgan fingerprint density at radius 1 is 1.30 bits per heavy atom. The minimum absolute atomic E-state index is 0.115. The highest BCUT2D eigenvalue weighted by atomic mass is 32.2.